The lowest BCUT2D eigenvalue weighted by Crippen LogP contribution is -2.46. The van der Waals surface area contributed by atoms with E-state index in [2.05, 4.69) is 44.3 Å². The Balaban J connectivity index is 0.00000324. The minimum Gasteiger partial charge on any atom is -0.385 e. The van der Waals surface area contributed by atoms with Gasteiger partial charge in [0.15, 0.2) is 0 Å². The van der Waals surface area contributed by atoms with Crippen LogP contribution in [-0.4, -0.2) is 66.1 Å². The third-order valence-electron chi connectivity index (χ3n) is 5.73. The molecule has 1 fully saturated rings. The van der Waals surface area contributed by atoms with Gasteiger partial charge in [-0.05, 0) is 62.2 Å². The Labute approximate surface area is 194 Å². The maximum atomic E-state index is 13.5. The zero-order chi connectivity index (χ0) is 23.2. The molecule has 0 bridgehead atoms. The van der Waals surface area contributed by atoms with Gasteiger partial charge in [0.25, 0.3) is 0 Å². The molecule has 1 aliphatic heterocycles. The molecular formula is C24H32F2N6O. The van der Waals surface area contributed by atoms with Crippen LogP contribution in [0.2, 0.25) is 0 Å². The van der Waals surface area contributed by atoms with Crippen molar-refractivity contribution in [1.29, 1.82) is 0 Å². The molecule has 0 atom stereocenters. The first-order valence-electron chi connectivity index (χ1n) is 11.2. The summed E-state index contributed by atoms with van der Waals surface area (Å²) in [6.45, 7) is 8.03. The molecule has 0 amide bonds. The summed E-state index contributed by atoms with van der Waals surface area (Å²) >= 11 is 0. The van der Waals surface area contributed by atoms with Gasteiger partial charge in [-0.2, -0.15) is 4.98 Å². The number of rotatable bonds is 9. The Kier molecular flexibility index (Phi) is 7.51. The molecule has 2 aromatic carbocycles. The van der Waals surface area contributed by atoms with Crippen LogP contribution in [0.25, 0.3) is 5.69 Å². The van der Waals surface area contributed by atoms with E-state index < -0.39 is 11.6 Å². The smallest absolute Gasteiger partial charge is 0.246 e. The maximum Gasteiger partial charge on any atom is 0.246 e. The van der Waals surface area contributed by atoms with E-state index in [9.17, 15) is 8.78 Å². The quantitative estimate of drug-likeness (QED) is 0.480. The monoisotopic (exact) mass is 458 g/mol. The molecule has 0 aliphatic carbocycles. The topological polar surface area (TPSA) is 58.5 Å². The molecule has 0 unspecified atom stereocenters. The van der Waals surface area contributed by atoms with Crippen molar-refractivity contribution in [2.75, 3.05) is 56.7 Å². The summed E-state index contributed by atoms with van der Waals surface area (Å²) in [7, 11) is 1.75. The van der Waals surface area contributed by atoms with Crippen molar-refractivity contribution in [3.8, 4) is 5.69 Å². The predicted octanol–water partition coefficient (Wildman–Crippen LogP) is 4.39. The number of halogens is 2. The van der Waals surface area contributed by atoms with Crippen molar-refractivity contribution in [3.05, 3.63) is 59.9 Å². The van der Waals surface area contributed by atoms with E-state index in [0.29, 0.717) is 5.95 Å². The summed E-state index contributed by atoms with van der Waals surface area (Å²) in [5.41, 5.74) is 3.43. The number of aromatic nitrogens is 3. The average molecular weight is 459 g/mol. The van der Waals surface area contributed by atoms with Gasteiger partial charge in [-0.1, -0.05) is 0 Å². The number of anilines is 3. The van der Waals surface area contributed by atoms with E-state index in [-0.39, 0.29) is 7.11 Å². The number of methoxy groups -OCH3 is 1. The number of aryl methyl sites for hydroxylation is 1. The van der Waals surface area contributed by atoms with Crippen LogP contribution in [0.15, 0.2) is 42.7 Å². The zero-order valence-electron chi connectivity index (χ0n) is 19.1. The molecule has 2 heterocycles. The normalized spacial score (nSPS) is 14.6. The van der Waals surface area contributed by atoms with Crippen LogP contribution in [0, 0.1) is 18.6 Å². The maximum absolute atomic E-state index is 13.5. The molecule has 4 rings (SSSR count). The van der Waals surface area contributed by atoms with Gasteiger partial charge < -0.3 is 15.0 Å². The number of piperazine rings is 1. The fraction of sp³-hybridized carbons (Fsp3) is 0.417. The Bertz CT molecular complexity index is 1050. The van der Waals surface area contributed by atoms with E-state index in [1.54, 1.807) is 7.11 Å². The molecule has 178 valence electrons. The number of ether oxygens (including phenoxy) is 1. The summed E-state index contributed by atoms with van der Waals surface area (Å²) < 4.78 is 33.5. The van der Waals surface area contributed by atoms with Crippen LogP contribution in [0.1, 0.15) is 19.8 Å². The number of hydrogen-bond acceptors (Lipinski definition) is 6. The van der Waals surface area contributed by atoms with Gasteiger partial charge in [-0.15, -0.1) is 5.10 Å². The molecule has 1 aliphatic rings. The number of nitrogens with zero attached hydrogens (tertiary/aromatic N) is 5. The second-order valence-electron chi connectivity index (χ2n) is 8.35. The lowest BCUT2D eigenvalue weighted by molar-refractivity contribution is 0.182. The fourth-order valence-electron chi connectivity index (χ4n) is 4.07. The molecule has 0 saturated carbocycles. The largest absolute Gasteiger partial charge is 0.385 e. The lowest BCUT2D eigenvalue weighted by atomic mass is 10.1. The zero-order valence-corrected chi connectivity index (χ0v) is 19.1. The third-order valence-corrected chi connectivity index (χ3v) is 5.73. The minimum absolute atomic E-state index is 0. The van der Waals surface area contributed by atoms with Crippen molar-refractivity contribution in [3.63, 3.8) is 0 Å². The highest BCUT2D eigenvalue weighted by Gasteiger charge is 2.18. The first-order chi connectivity index (χ1) is 16.0. The van der Waals surface area contributed by atoms with Gasteiger partial charge in [0.1, 0.15) is 18.0 Å². The Morgan fingerprint density at radius 3 is 2.45 bits per heavy atom. The molecule has 1 saturated heterocycles. The highest BCUT2D eigenvalue weighted by atomic mass is 19.1. The molecule has 7 nitrogen and oxygen atoms in total. The van der Waals surface area contributed by atoms with Gasteiger partial charge in [0, 0.05) is 58.8 Å². The molecular weight excluding hydrogens is 426 g/mol. The first kappa shape index (κ1) is 23.1. The Morgan fingerprint density at radius 1 is 0.970 bits per heavy atom. The van der Waals surface area contributed by atoms with Gasteiger partial charge in [-0.25, -0.2) is 13.5 Å². The summed E-state index contributed by atoms with van der Waals surface area (Å²) in [5.74, 6) is -0.959. The van der Waals surface area contributed by atoms with Crippen molar-refractivity contribution < 1.29 is 14.9 Å². The van der Waals surface area contributed by atoms with Crippen LogP contribution >= 0.6 is 0 Å². The van der Waals surface area contributed by atoms with E-state index in [0.717, 1.165) is 75.2 Å². The summed E-state index contributed by atoms with van der Waals surface area (Å²) in [5, 5.41) is 7.53. The van der Waals surface area contributed by atoms with Crippen LogP contribution < -0.4 is 10.2 Å². The third kappa shape index (κ3) is 6.27. The van der Waals surface area contributed by atoms with Crippen molar-refractivity contribution >= 4 is 17.3 Å². The molecule has 33 heavy (non-hydrogen) atoms. The minimum atomic E-state index is -0.659. The average Bonchev–Trinajstić information content (AvgIpc) is 3.25. The second kappa shape index (κ2) is 10.7. The highest BCUT2D eigenvalue weighted by molar-refractivity contribution is 5.64. The summed E-state index contributed by atoms with van der Waals surface area (Å²) in [4.78, 5) is 9.14. The van der Waals surface area contributed by atoms with Gasteiger partial charge in [0.2, 0.25) is 5.95 Å². The molecule has 0 spiro atoms. The fourth-order valence-corrected chi connectivity index (χ4v) is 4.07. The molecule has 1 aromatic heterocycles. The van der Waals surface area contributed by atoms with Gasteiger partial charge in [0.05, 0.1) is 5.69 Å². The molecule has 9 heteroatoms. The Hall–Kier alpha value is -3.04. The van der Waals surface area contributed by atoms with Crippen molar-refractivity contribution in [2.24, 2.45) is 0 Å². The summed E-state index contributed by atoms with van der Waals surface area (Å²) in [6, 6.07) is 9.55. The number of nitrogens with one attached hydrogen (secondary N) is 1. The van der Waals surface area contributed by atoms with E-state index in [1.807, 2.05) is 6.07 Å². The van der Waals surface area contributed by atoms with Crippen LogP contribution in [0.4, 0.5) is 26.1 Å². The van der Waals surface area contributed by atoms with Crippen LogP contribution in [-0.2, 0) is 4.74 Å². The van der Waals surface area contributed by atoms with E-state index >= 15 is 0 Å². The predicted molar refractivity (Wildman–Crippen MR) is 128 cm³/mol. The van der Waals surface area contributed by atoms with Gasteiger partial charge >= 0.3 is 0 Å². The SMILES string of the molecule is COCCCCN1CCN(c2cc(C)cc(Nc3ncn(-c4cc(F)cc(F)c4)n3)c2)CC1.[HH]. The Morgan fingerprint density at radius 2 is 1.73 bits per heavy atom. The summed E-state index contributed by atoms with van der Waals surface area (Å²) in [6.07, 6.45) is 3.69. The molecule has 3 aromatic rings. The van der Waals surface area contributed by atoms with E-state index in [4.69, 9.17) is 4.74 Å². The van der Waals surface area contributed by atoms with Crippen molar-refractivity contribution in [1.82, 2.24) is 19.7 Å². The molecule has 1 N–H and O–H groups in total. The van der Waals surface area contributed by atoms with E-state index in [1.165, 1.54) is 23.1 Å². The number of unbranched alkanes of at least 4 members (excludes halogenated alkanes) is 1. The highest BCUT2D eigenvalue weighted by Crippen LogP contribution is 2.25. The van der Waals surface area contributed by atoms with Gasteiger partial charge in [-0.3, -0.25) is 4.90 Å². The molecule has 0 radical (unpaired) electrons. The standard InChI is InChI=1S/C24H30F2N6O.H2/c1-18-11-21(28-24-27-17-32(29-24)23-14-19(25)13-20(26)15-23)16-22(12-18)31-8-6-30(7-9-31)5-3-4-10-33-2;/h11-17H,3-10H2,1-2H3,(H,28,29);1H. The second-order valence-corrected chi connectivity index (χ2v) is 8.35. The van der Waals surface area contributed by atoms with Crippen molar-refractivity contribution in [2.45, 2.75) is 19.8 Å². The number of benzene rings is 2. The lowest BCUT2D eigenvalue weighted by Gasteiger charge is -2.36. The van der Waals surface area contributed by atoms with Crippen LogP contribution in [0.5, 0.6) is 0 Å². The number of hydrogen-bond donors (Lipinski definition) is 1. The first-order valence-corrected chi connectivity index (χ1v) is 11.2. The van der Waals surface area contributed by atoms with Crippen LogP contribution in [0.3, 0.4) is 0 Å².